The molecule has 6 heteroatoms. The lowest BCUT2D eigenvalue weighted by Crippen LogP contribution is -2.13. The summed E-state index contributed by atoms with van der Waals surface area (Å²) in [5.41, 5.74) is 1.22. The summed E-state index contributed by atoms with van der Waals surface area (Å²) in [6.07, 6.45) is 3.67. The lowest BCUT2D eigenvalue weighted by Gasteiger charge is -2.04. The molecule has 0 aliphatic heterocycles. The molecule has 2 N–H and O–H groups in total. The monoisotopic (exact) mass is 240 g/mol. The molecule has 6 nitrogen and oxygen atoms in total. The van der Waals surface area contributed by atoms with Gasteiger partial charge >= 0.3 is 0 Å². The number of fused-ring (bicyclic) bond motifs is 1. The molecule has 0 bridgehead atoms. The number of hydrogen-bond donors (Lipinski definition) is 2. The van der Waals surface area contributed by atoms with E-state index >= 15 is 0 Å². The molecule has 0 radical (unpaired) electrons. The van der Waals surface area contributed by atoms with Crippen molar-refractivity contribution in [3.63, 3.8) is 0 Å². The molecule has 0 atom stereocenters. The predicted octanol–water partition coefficient (Wildman–Crippen LogP) is 1.04. The third kappa shape index (κ3) is 2.33. The number of pyridine rings is 1. The highest BCUT2D eigenvalue weighted by atomic mass is 15.5. The topological polar surface area (TPSA) is 79.4 Å². The zero-order valence-electron chi connectivity index (χ0n) is 9.67. The van der Waals surface area contributed by atoms with Crippen LogP contribution in [0.15, 0.2) is 36.7 Å². The van der Waals surface area contributed by atoms with Crippen LogP contribution in [-0.4, -0.2) is 25.6 Å². The first-order valence-corrected chi connectivity index (χ1v) is 5.67. The van der Waals surface area contributed by atoms with Gasteiger partial charge < -0.3 is 5.32 Å². The average Bonchev–Trinajstić information content (AvgIpc) is 2.92. The van der Waals surface area contributed by atoms with Crippen molar-refractivity contribution in [3.05, 3.63) is 48.0 Å². The number of hydrogen-bond acceptors (Lipinski definition) is 5. The van der Waals surface area contributed by atoms with Gasteiger partial charge in [0.15, 0.2) is 5.82 Å². The number of nitrogens with one attached hydrogen (secondary N) is 2. The zero-order valence-corrected chi connectivity index (χ0v) is 9.67. The summed E-state index contributed by atoms with van der Waals surface area (Å²) in [5.74, 6) is 0.667. The molecule has 0 spiro atoms. The highest BCUT2D eigenvalue weighted by molar-refractivity contribution is 5.81. The van der Waals surface area contributed by atoms with E-state index < -0.39 is 0 Å². The number of aromatic nitrogens is 5. The van der Waals surface area contributed by atoms with Crippen molar-refractivity contribution in [3.8, 4) is 0 Å². The minimum Gasteiger partial charge on any atom is -0.306 e. The van der Waals surface area contributed by atoms with Crippen molar-refractivity contribution >= 4 is 10.8 Å². The molecule has 1 aromatic carbocycles. The Morgan fingerprint density at radius 3 is 3.00 bits per heavy atom. The molecule has 0 unspecified atom stereocenters. The summed E-state index contributed by atoms with van der Waals surface area (Å²) in [5, 5.41) is 19.3. The highest BCUT2D eigenvalue weighted by Crippen LogP contribution is 2.14. The molecule has 90 valence electrons. The van der Waals surface area contributed by atoms with E-state index in [9.17, 15) is 0 Å². The third-order valence-electron chi connectivity index (χ3n) is 2.71. The van der Waals surface area contributed by atoms with Crippen LogP contribution in [-0.2, 0) is 13.1 Å². The first-order chi connectivity index (χ1) is 8.92. The molecule has 0 aliphatic carbocycles. The van der Waals surface area contributed by atoms with Crippen LogP contribution in [0.2, 0.25) is 0 Å². The second kappa shape index (κ2) is 4.89. The van der Waals surface area contributed by atoms with Crippen LogP contribution < -0.4 is 5.32 Å². The Kier molecular flexibility index (Phi) is 2.93. The van der Waals surface area contributed by atoms with Crippen molar-refractivity contribution in [1.29, 1.82) is 0 Å². The van der Waals surface area contributed by atoms with E-state index in [1.807, 2.05) is 12.3 Å². The second-order valence-corrected chi connectivity index (χ2v) is 3.99. The predicted molar refractivity (Wildman–Crippen MR) is 66.5 cm³/mol. The van der Waals surface area contributed by atoms with Gasteiger partial charge in [-0.05, 0) is 23.1 Å². The number of tetrazole rings is 1. The maximum Gasteiger partial charge on any atom is 0.188 e. The van der Waals surface area contributed by atoms with Gasteiger partial charge in [-0.25, -0.2) is 0 Å². The van der Waals surface area contributed by atoms with Gasteiger partial charge in [-0.2, -0.15) is 5.21 Å². The fourth-order valence-electron chi connectivity index (χ4n) is 1.82. The smallest absolute Gasteiger partial charge is 0.188 e. The lowest BCUT2D eigenvalue weighted by molar-refractivity contribution is 0.664. The van der Waals surface area contributed by atoms with Crippen LogP contribution >= 0.6 is 0 Å². The second-order valence-electron chi connectivity index (χ2n) is 3.99. The molecule has 18 heavy (non-hydrogen) atoms. The van der Waals surface area contributed by atoms with Crippen LogP contribution in [0.3, 0.4) is 0 Å². The first kappa shape index (κ1) is 10.8. The first-order valence-electron chi connectivity index (χ1n) is 5.67. The van der Waals surface area contributed by atoms with E-state index in [2.05, 4.69) is 49.1 Å². The van der Waals surface area contributed by atoms with E-state index in [1.54, 1.807) is 6.20 Å². The van der Waals surface area contributed by atoms with Crippen molar-refractivity contribution in [2.45, 2.75) is 13.1 Å². The molecule has 2 aromatic heterocycles. The fourth-order valence-corrected chi connectivity index (χ4v) is 1.82. The quantitative estimate of drug-likeness (QED) is 0.712. The molecule has 0 saturated heterocycles. The molecular weight excluding hydrogens is 228 g/mol. The largest absolute Gasteiger partial charge is 0.306 e. The fraction of sp³-hybridized carbons (Fsp3) is 0.167. The molecule has 3 rings (SSSR count). The summed E-state index contributed by atoms with van der Waals surface area (Å²) >= 11 is 0. The van der Waals surface area contributed by atoms with E-state index in [-0.39, 0.29) is 0 Å². The van der Waals surface area contributed by atoms with Gasteiger partial charge in [0.1, 0.15) is 0 Å². The van der Waals surface area contributed by atoms with Crippen LogP contribution in [0.5, 0.6) is 0 Å². The number of aromatic amines is 1. The Morgan fingerprint density at radius 1 is 1.11 bits per heavy atom. The van der Waals surface area contributed by atoms with E-state index in [0.717, 1.165) is 11.9 Å². The molecule has 0 saturated carbocycles. The lowest BCUT2D eigenvalue weighted by atomic mass is 10.1. The van der Waals surface area contributed by atoms with E-state index in [0.29, 0.717) is 12.4 Å². The van der Waals surface area contributed by atoms with Gasteiger partial charge in [-0.1, -0.05) is 17.3 Å². The van der Waals surface area contributed by atoms with Gasteiger partial charge in [0.05, 0.1) is 6.54 Å². The van der Waals surface area contributed by atoms with Crippen LogP contribution in [0.1, 0.15) is 11.4 Å². The van der Waals surface area contributed by atoms with Crippen molar-refractivity contribution < 1.29 is 0 Å². The SMILES string of the molecule is c1cc2cc(CNCc3nn[nH]n3)ccc2cn1. The Balaban J connectivity index is 1.67. The summed E-state index contributed by atoms with van der Waals surface area (Å²) in [6.45, 7) is 1.37. The Hall–Kier alpha value is -2.34. The van der Waals surface area contributed by atoms with E-state index in [1.165, 1.54) is 10.9 Å². The molecule has 0 amide bonds. The normalized spacial score (nSPS) is 10.9. The molecule has 3 aromatic rings. The highest BCUT2D eigenvalue weighted by Gasteiger charge is 1.99. The van der Waals surface area contributed by atoms with Crippen LogP contribution in [0, 0.1) is 0 Å². The summed E-state index contributed by atoms with van der Waals surface area (Å²) in [6, 6.07) is 8.33. The standard InChI is InChI=1S/C12H12N6/c1-2-11-7-13-4-3-10(11)5-9(1)6-14-8-12-15-17-18-16-12/h1-5,7,14H,6,8H2,(H,15,16,17,18). The Bertz CT molecular complexity index is 634. The molecular formula is C12H12N6. The Labute approximate surface area is 103 Å². The maximum atomic E-state index is 4.10. The van der Waals surface area contributed by atoms with Crippen LogP contribution in [0.25, 0.3) is 10.8 Å². The van der Waals surface area contributed by atoms with Gasteiger partial charge in [-0.3, -0.25) is 4.98 Å². The van der Waals surface area contributed by atoms with Crippen LogP contribution in [0.4, 0.5) is 0 Å². The minimum atomic E-state index is 0.602. The average molecular weight is 240 g/mol. The van der Waals surface area contributed by atoms with Crippen molar-refractivity contribution in [2.24, 2.45) is 0 Å². The maximum absolute atomic E-state index is 4.10. The number of H-pyrrole nitrogens is 1. The Morgan fingerprint density at radius 2 is 2.11 bits per heavy atom. The number of rotatable bonds is 4. The minimum absolute atomic E-state index is 0.602. The van der Waals surface area contributed by atoms with Gasteiger partial charge in [0.2, 0.25) is 0 Å². The van der Waals surface area contributed by atoms with Gasteiger partial charge in [-0.15, -0.1) is 10.2 Å². The molecule has 2 heterocycles. The number of nitrogens with zero attached hydrogens (tertiary/aromatic N) is 4. The summed E-state index contributed by atoms with van der Waals surface area (Å²) < 4.78 is 0. The molecule has 0 aliphatic rings. The van der Waals surface area contributed by atoms with Gasteiger partial charge in [0.25, 0.3) is 0 Å². The summed E-state index contributed by atoms with van der Waals surface area (Å²) in [4.78, 5) is 4.10. The molecule has 0 fully saturated rings. The van der Waals surface area contributed by atoms with E-state index in [4.69, 9.17) is 0 Å². The van der Waals surface area contributed by atoms with Gasteiger partial charge in [0, 0.05) is 24.3 Å². The summed E-state index contributed by atoms with van der Waals surface area (Å²) in [7, 11) is 0. The third-order valence-corrected chi connectivity index (χ3v) is 2.71. The van der Waals surface area contributed by atoms with Crippen molar-refractivity contribution in [1.82, 2.24) is 30.9 Å². The van der Waals surface area contributed by atoms with Crippen molar-refractivity contribution in [2.75, 3.05) is 0 Å². The number of benzene rings is 1. The zero-order chi connectivity index (χ0) is 12.2.